The number of nitrogens with zero attached hydrogens (tertiary/aromatic N) is 2. The second kappa shape index (κ2) is 8.98. The molecule has 8 nitrogen and oxygen atoms in total. The highest BCUT2D eigenvalue weighted by Gasteiger charge is 2.19. The lowest BCUT2D eigenvalue weighted by atomic mass is 10.0. The number of carbonyl (C=O) groups is 3. The van der Waals surface area contributed by atoms with Crippen molar-refractivity contribution in [2.24, 2.45) is 7.05 Å². The van der Waals surface area contributed by atoms with Crippen molar-refractivity contribution in [1.29, 1.82) is 0 Å². The van der Waals surface area contributed by atoms with Crippen LogP contribution in [0.4, 0.5) is 5.69 Å². The lowest BCUT2D eigenvalue weighted by Crippen LogP contribution is -2.29. The molecule has 0 aliphatic rings. The minimum absolute atomic E-state index is 0.0676. The lowest BCUT2D eigenvalue weighted by Gasteiger charge is -2.17. The first-order chi connectivity index (χ1) is 12.8. The molecule has 8 heteroatoms. The molecule has 0 aliphatic heterocycles. The molecule has 1 heterocycles. The van der Waals surface area contributed by atoms with Crippen LogP contribution >= 0.6 is 0 Å². The first-order valence-electron chi connectivity index (χ1n) is 8.55. The number of ether oxygens (including phenoxy) is 1. The number of aryl methyl sites for hydroxylation is 2. The van der Waals surface area contributed by atoms with E-state index >= 15 is 0 Å². The van der Waals surface area contributed by atoms with E-state index in [1.807, 2.05) is 37.3 Å². The van der Waals surface area contributed by atoms with E-state index in [0.717, 1.165) is 11.3 Å². The van der Waals surface area contributed by atoms with Crippen LogP contribution in [0.2, 0.25) is 0 Å². The van der Waals surface area contributed by atoms with Crippen LogP contribution in [-0.4, -0.2) is 34.2 Å². The van der Waals surface area contributed by atoms with Gasteiger partial charge in [0.15, 0.2) is 6.61 Å². The Morgan fingerprint density at radius 2 is 1.85 bits per heavy atom. The molecule has 2 amide bonds. The number of rotatable bonds is 7. The van der Waals surface area contributed by atoms with Gasteiger partial charge in [-0.15, -0.1) is 0 Å². The van der Waals surface area contributed by atoms with Crippen molar-refractivity contribution >= 4 is 23.5 Å². The molecule has 0 radical (unpaired) electrons. The Balaban J connectivity index is 1.91. The zero-order valence-electron chi connectivity index (χ0n) is 15.9. The summed E-state index contributed by atoms with van der Waals surface area (Å²) in [4.78, 5) is 35.6. The van der Waals surface area contributed by atoms with Gasteiger partial charge in [0, 0.05) is 14.0 Å². The zero-order chi connectivity index (χ0) is 20.0. The molecule has 0 unspecified atom stereocenters. The molecule has 144 valence electrons. The SMILES string of the molecule is CC(=O)N[C@H](CC(=O)OCC(=O)Nc1c(C)nn(C)c1C)c1ccccc1. The third-order valence-corrected chi connectivity index (χ3v) is 4.09. The Bertz CT molecular complexity index is 830. The van der Waals surface area contributed by atoms with Gasteiger partial charge in [-0.3, -0.25) is 19.1 Å². The first kappa shape index (κ1) is 20.2. The fraction of sp³-hybridized carbons (Fsp3) is 0.368. The molecule has 1 aromatic heterocycles. The summed E-state index contributed by atoms with van der Waals surface area (Å²) in [5.41, 5.74) is 2.89. The van der Waals surface area contributed by atoms with Crippen LogP contribution in [0.25, 0.3) is 0 Å². The molecular weight excluding hydrogens is 348 g/mol. The summed E-state index contributed by atoms with van der Waals surface area (Å²) in [6.07, 6.45) is -0.0676. The van der Waals surface area contributed by atoms with E-state index in [9.17, 15) is 14.4 Å². The molecule has 0 aliphatic carbocycles. The average molecular weight is 372 g/mol. The topological polar surface area (TPSA) is 102 Å². The van der Waals surface area contributed by atoms with Crippen LogP contribution in [-0.2, 0) is 26.2 Å². The van der Waals surface area contributed by atoms with Gasteiger partial charge < -0.3 is 15.4 Å². The van der Waals surface area contributed by atoms with Gasteiger partial charge in [-0.25, -0.2) is 0 Å². The molecule has 0 saturated carbocycles. The predicted octanol–water partition coefficient (Wildman–Crippen LogP) is 1.79. The summed E-state index contributed by atoms with van der Waals surface area (Å²) in [7, 11) is 1.78. The van der Waals surface area contributed by atoms with E-state index in [1.165, 1.54) is 6.92 Å². The Kier molecular flexibility index (Phi) is 6.70. The van der Waals surface area contributed by atoms with E-state index in [4.69, 9.17) is 4.74 Å². The van der Waals surface area contributed by atoms with E-state index in [0.29, 0.717) is 11.4 Å². The summed E-state index contributed by atoms with van der Waals surface area (Å²) in [6, 6.07) is 8.60. The van der Waals surface area contributed by atoms with Crippen LogP contribution < -0.4 is 10.6 Å². The van der Waals surface area contributed by atoms with Gasteiger partial charge >= 0.3 is 5.97 Å². The third kappa shape index (κ3) is 5.67. The number of anilines is 1. The molecule has 0 fully saturated rings. The largest absolute Gasteiger partial charge is 0.455 e. The van der Waals surface area contributed by atoms with Crippen molar-refractivity contribution < 1.29 is 19.1 Å². The maximum atomic E-state index is 12.1. The standard InChI is InChI=1S/C19H24N4O4/c1-12-19(13(2)23(4)22-12)21-17(25)11-27-18(26)10-16(20-14(3)24)15-8-6-5-7-9-15/h5-9,16H,10-11H2,1-4H3,(H,20,24)(H,21,25)/t16-/m1/s1. The Labute approximate surface area is 157 Å². The zero-order valence-corrected chi connectivity index (χ0v) is 15.9. The average Bonchev–Trinajstić information content (AvgIpc) is 2.86. The molecule has 2 aromatic rings. The normalized spacial score (nSPS) is 11.6. The maximum absolute atomic E-state index is 12.1. The molecule has 1 atom stereocenters. The number of esters is 1. The van der Waals surface area contributed by atoms with Gasteiger partial charge in [0.1, 0.15) is 0 Å². The van der Waals surface area contributed by atoms with E-state index in [-0.39, 0.29) is 12.3 Å². The number of aromatic nitrogens is 2. The van der Waals surface area contributed by atoms with Crippen molar-refractivity contribution in [3.63, 3.8) is 0 Å². The van der Waals surface area contributed by atoms with Crippen LogP contribution in [0.1, 0.15) is 36.3 Å². The van der Waals surface area contributed by atoms with Crippen molar-refractivity contribution in [2.45, 2.75) is 33.2 Å². The monoisotopic (exact) mass is 372 g/mol. The lowest BCUT2D eigenvalue weighted by molar-refractivity contribution is -0.148. The second-order valence-electron chi connectivity index (χ2n) is 6.25. The highest BCUT2D eigenvalue weighted by atomic mass is 16.5. The van der Waals surface area contributed by atoms with Gasteiger partial charge in [0.05, 0.1) is 29.5 Å². The number of hydrogen-bond acceptors (Lipinski definition) is 5. The number of nitrogens with one attached hydrogen (secondary N) is 2. The van der Waals surface area contributed by atoms with Crippen molar-refractivity contribution in [1.82, 2.24) is 15.1 Å². The molecule has 27 heavy (non-hydrogen) atoms. The second-order valence-corrected chi connectivity index (χ2v) is 6.25. The summed E-state index contributed by atoms with van der Waals surface area (Å²) >= 11 is 0. The minimum Gasteiger partial charge on any atom is -0.455 e. The van der Waals surface area contributed by atoms with Crippen LogP contribution in [0.5, 0.6) is 0 Å². The summed E-state index contributed by atoms with van der Waals surface area (Å²) in [5.74, 6) is -1.28. The van der Waals surface area contributed by atoms with E-state index in [1.54, 1.807) is 18.7 Å². The highest BCUT2D eigenvalue weighted by molar-refractivity contribution is 5.93. The summed E-state index contributed by atoms with van der Waals surface area (Å²) in [5, 5.41) is 9.64. The fourth-order valence-corrected chi connectivity index (χ4v) is 2.68. The molecule has 0 saturated heterocycles. The first-order valence-corrected chi connectivity index (χ1v) is 8.55. The van der Waals surface area contributed by atoms with Crippen LogP contribution in [0.3, 0.4) is 0 Å². The van der Waals surface area contributed by atoms with Gasteiger partial charge in [-0.05, 0) is 19.4 Å². The Morgan fingerprint density at radius 1 is 1.19 bits per heavy atom. The molecule has 2 rings (SSSR count). The van der Waals surface area contributed by atoms with Gasteiger partial charge in [-0.1, -0.05) is 30.3 Å². The molecular formula is C19H24N4O4. The number of carbonyl (C=O) groups excluding carboxylic acids is 3. The van der Waals surface area contributed by atoms with Crippen molar-refractivity contribution in [3.05, 3.63) is 47.3 Å². The third-order valence-electron chi connectivity index (χ3n) is 4.09. The smallest absolute Gasteiger partial charge is 0.308 e. The van der Waals surface area contributed by atoms with Gasteiger partial charge in [0.2, 0.25) is 5.91 Å². The molecule has 0 bridgehead atoms. The van der Waals surface area contributed by atoms with Gasteiger partial charge in [0.25, 0.3) is 5.91 Å². The number of amides is 2. The molecule has 2 N–H and O–H groups in total. The highest BCUT2D eigenvalue weighted by Crippen LogP contribution is 2.19. The quantitative estimate of drug-likeness (QED) is 0.722. The Hall–Kier alpha value is -3.16. The molecule has 1 aromatic carbocycles. The van der Waals surface area contributed by atoms with E-state index in [2.05, 4.69) is 15.7 Å². The minimum atomic E-state index is -0.576. The van der Waals surface area contributed by atoms with E-state index < -0.39 is 24.5 Å². The number of benzene rings is 1. The summed E-state index contributed by atoms with van der Waals surface area (Å²) in [6.45, 7) is 4.59. The molecule has 0 spiro atoms. The number of hydrogen-bond donors (Lipinski definition) is 2. The van der Waals surface area contributed by atoms with Gasteiger partial charge in [-0.2, -0.15) is 5.10 Å². The van der Waals surface area contributed by atoms with Crippen molar-refractivity contribution in [3.8, 4) is 0 Å². The predicted molar refractivity (Wildman–Crippen MR) is 99.9 cm³/mol. The summed E-state index contributed by atoms with van der Waals surface area (Å²) < 4.78 is 6.73. The van der Waals surface area contributed by atoms with Crippen LogP contribution in [0.15, 0.2) is 30.3 Å². The van der Waals surface area contributed by atoms with Crippen LogP contribution in [0, 0.1) is 13.8 Å². The van der Waals surface area contributed by atoms with Crippen molar-refractivity contribution in [2.75, 3.05) is 11.9 Å². The Morgan fingerprint density at radius 3 is 2.41 bits per heavy atom. The fourth-order valence-electron chi connectivity index (χ4n) is 2.68. The maximum Gasteiger partial charge on any atom is 0.308 e.